The number of likely N-dealkylation sites (tertiary alicyclic amines) is 1. The van der Waals surface area contributed by atoms with Crippen molar-refractivity contribution >= 4 is 17.8 Å². The molecule has 2 heterocycles. The van der Waals surface area contributed by atoms with Crippen molar-refractivity contribution in [2.75, 3.05) is 25.0 Å². The minimum absolute atomic E-state index is 0.0994. The van der Waals surface area contributed by atoms with Crippen molar-refractivity contribution in [3.8, 4) is 5.75 Å². The molecule has 6 nitrogen and oxygen atoms in total. The van der Waals surface area contributed by atoms with E-state index >= 15 is 0 Å². The first kappa shape index (κ1) is 19.6. The number of aryl methyl sites for hydroxylation is 1. The number of urea groups is 1. The summed E-state index contributed by atoms with van der Waals surface area (Å²) in [5.74, 6) is 2.28. The molecular formula is C23H29N3O3. The second kappa shape index (κ2) is 9.16. The predicted molar refractivity (Wildman–Crippen MR) is 113 cm³/mol. The highest BCUT2D eigenvalue weighted by Crippen LogP contribution is 2.27. The lowest BCUT2D eigenvalue weighted by Gasteiger charge is -2.28. The molecule has 2 aliphatic rings. The Bertz CT molecular complexity index is 858. The largest absolute Gasteiger partial charge is 0.493 e. The Labute approximate surface area is 171 Å². The summed E-state index contributed by atoms with van der Waals surface area (Å²) in [6.45, 7) is 4.03. The first-order valence-corrected chi connectivity index (χ1v) is 10.6. The Balaban J connectivity index is 1.29. The van der Waals surface area contributed by atoms with Crippen molar-refractivity contribution in [1.82, 2.24) is 10.1 Å². The Morgan fingerprint density at radius 3 is 2.83 bits per heavy atom. The number of carbonyl (C=O) groups is 1. The van der Waals surface area contributed by atoms with Gasteiger partial charge in [-0.1, -0.05) is 41.8 Å². The summed E-state index contributed by atoms with van der Waals surface area (Å²) in [5.41, 5.74) is 3.16. The maximum Gasteiger partial charge on any atom is 0.322 e. The maximum atomic E-state index is 12.4. The van der Waals surface area contributed by atoms with Crippen molar-refractivity contribution in [3.63, 3.8) is 0 Å². The molecule has 1 saturated carbocycles. The normalized spacial score (nSPS) is 17.4. The number of benzene rings is 1. The Morgan fingerprint density at radius 2 is 2.10 bits per heavy atom. The topological polar surface area (TPSA) is 67.6 Å². The van der Waals surface area contributed by atoms with Gasteiger partial charge in [0.1, 0.15) is 11.4 Å². The number of nitrogens with one attached hydrogen (secondary N) is 1. The summed E-state index contributed by atoms with van der Waals surface area (Å²) in [6.07, 6.45) is 10.8. The SMILES string of the molecule is Cc1oncc1NC(=O)N1CCC(=Cc2cccc(OCC3CCCC3)c2)CC1. The van der Waals surface area contributed by atoms with Crippen LogP contribution in [0, 0.1) is 12.8 Å². The average Bonchev–Trinajstić information content (AvgIpc) is 3.39. The first-order valence-electron chi connectivity index (χ1n) is 10.6. The molecule has 1 N–H and O–H groups in total. The second-order valence-corrected chi connectivity index (χ2v) is 8.05. The third-order valence-corrected chi connectivity index (χ3v) is 5.87. The van der Waals surface area contributed by atoms with Gasteiger partial charge in [0.25, 0.3) is 0 Å². The Morgan fingerprint density at radius 1 is 1.31 bits per heavy atom. The molecule has 0 radical (unpaired) electrons. The van der Waals surface area contributed by atoms with Gasteiger partial charge in [-0.25, -0.2) is 4.79 Å². The molecule has 1 aromatic heterocycles. The zero-order chi connectivity index (χ0) is 20.1. The van der Waals surface area contributed by atoms with E-state index in [1.165, 1.54) is 43.0 Å². The summed E-state index contributed by atoms with van der Waals surface area (Å²) in [7, 11) is 0. The van der Waals surface area contributed by atoms with Crippen LogP contribution in [0.1, 0.15) is 49.8 Å². The van der Waals surface area contributed by atoms with Crippen molar-refractivity contribution in [2.24, 2.45) is 5.92 Å². The van der Waals surface area contributed by atoms with E-state index in [2.05, 4.69) is 34.7 Å². The molecule has 6 heteroatoms. The summed E-state index contributed by atoms with van der Waals surface area (Å²) in [5, 5.41) is 6.56. The number of anilines is 1. The second-order valence-electron chi connectivity index (χ2n) is 8.05. The van der Waals surface area contributed by atoms with Crippen molar-refractivity contribution in [3.05, 3.63) is 47.4 Å². The van der Waals surface area contributed by atoms with Gasteiger partial charge in [-0.2, -0.15) is 0 Å². The third-order valence-electron chi connectivity index (χ3n) is 5.87. The summed E-state index contributed by atoms with van der Waals surface area (Å²) < 4.78 is 11.0. The minimum atomic E-state index is -0.0994. The van der Waals surface area contributed by atoms with E-state index in [1.807, 2.05) is 11.0 Å². The van der Waals surface area contributed by atoms with E-state index in [0.717, 1.165) is 25.2 Å². The Kier molecular flexibility index (Phi) is 6.17. The zero-order valence-corrected chi connectivity index (χ0v) is 17.0. The van der Waals surface area contributed by atoms with Crippen molar-refractivity contribution < 1.29 is 14.1 Å². The van der Waals surface area contributed by atoms with Crippen LogP contribution in [0.4, 0.5) is 10.5 Å². The van der Waals surface area contributed by atoms with Crippen LogP contribution in [0.3, 0.4) is 0 Å². The molecule has 0 spiro atoms. The fraction of sp³-hybridized carbons (Fsp3) is 0.478. The van der Waals surface area contributed by atoms with Gasteiger partial charge in [-0.15, -0.1) is 0 Å². The number of amides is 2. The molecule has 0 bridgehead atoms. The molecule has 1 aromatic carbocycles. The lowest BCUT2D eigenvalue weighted by Crippen LogP contribution is -2.39. The molecular weight excluding hydrogens is 366 g/mol. The van der Waals surface area contributed by atoms with E-state index in [1.54, 1.807) is 6.92 Å². The van der Waals surface area contributed by atoms with Gasteiger partial charge >= 0.3 is 6.03 Å². The molecule has 2 aromatic rings. The van der Waals surface area contributed by atoms with Crippen LogP contribution in [-0.2, 0) is 0 Å². The van der Waals surface area contributed by atoms with Crippen LogP contribution < -0.4 is 10.1 Å². The van der Waals surface area contributed by atoms with Gasteiger partial charge in [0, 0.05) is 13.1 Å². The van der Waals surface area contributed by atoms with Crippen LogP contribution in [0.2, 0.25) is 0 Å². The molecule has 0 unspecified atom stereocenters. The molecule has 29 heavy (non-hydrogen) atoms. The molecule has 154 valence electrons. The average molecular weight is 396 g/mol. The number of hydrogen-bond donors (Lipinski definition) is 1. The molecule has 4 rings (SSSR count). The van der Waals surface area contributed by atoms with Gasteiger partial charge in [0.2, 0.25) is 0 Å². The zero-order valence-electron chi connectivity index (χ0n) is 17.0. The van der Waals surface area contributed by atoms with Gasteiger partial charge < -0.3 is 19.5 Å². The van der Waals surface area contributed by atoms with Gasteiger partial charge in [-0.3, -0.25) is 0 Å². The number of rotatable bonds is 5. The maximum absolute atomic E-state index is 12.4. The van der Waals surface area contributed by atoms with Gasteiger partial charge in [0.05, 0.1) is 12.8 Å². The van der Waals surface area contributed by atoms with E-state index in [-0.39, 0.29) is 6.03 Å². The van der Waals surface area contributed by atoms with Crippen LogP contribution >= 0.6 is 0 Å². The van der Waals surface area contributed by atoms with Crippen molar-refractivity contribution in [2.45, 2.75) is 45.4 Å². The van der Waals surface area contributed by atoms with Crippen LogP contribution in [0.5, 0.6) is 5.75 Å². The molecule has 2 fully saturated rings. The third kappa shape index (κ3) is 5.19. The predicted octanol–water partition coefficient (Wildman–Crippen LogP) is 5.26. The summed E-state index contributed by atoms with van der Waals surface area (Å²) in [6, 6.07) is 8.23. The number of carbonyl (C=O) groups excluding carboxylic acids is 1. The van der Waals surface area contributed by atoms with E-state index in [4.69, 9.17) is 9.26 Å². The van der Waals surface area contributed by atoms with Gasteiger partial charge in [0.15, 0.2) is 5.76 Å². The smallest absolute Gasteiger partial charge is 0.322 e. The first-order chi connectivity index (χ1) is 14.2. The number of nitrogens with zero attached hydrogens (tertiary/aromatic N) is 2. The van der Waals surface area contributed by atoms with Gasteiger partial charge in [-0.05, 0) is 56.2 Å². The molecule has 1 aliphatic carbocycles. The summed E-state index contributed by atoms with van der Waals surface area (Å²) in [4.78, 5) is 14.3. The fourth-order valence-electron chi connectivity index (χ4n) is 4.08. The van der Waals surface area contributed by atoms with Crippen molar-refractivity contribution in [1.29, 1.82) is 0 Å². The summed E-state index contributed by atoms with van der Waals surface area (Å²) >= 11 is 0. The molecule has 2 amide bonds. The highest BCUT2D eigenvalue weighted by Gasteiger charge is 2.20. The standard InChI is InChI=1S/C23H29N3O3/c1-17-22(15-24-29-17)25-23(27)26-11-9-18(10-12-26)13-20-7-4-8-21(14-20)28-16-19-5-2-3-6-19/h4,7-8,13-15,19H,2-3,5-6,9-12,16H2,1H3,(H,25,27). The lowest BCUT2D eigenvalue weighted by molar-refractivity contribution is 0.207. The van der Waals surface area contributed by atoms with E-state index < -0.39 is 0 Å². The lowest BCUT2D eigenvalue weighted by atomic mass is 10.0. The molecule has 0 atom stereocenters. The van der Waals surface area contributed by atoms with Crippen LogP contribution in [-0.4, -0.2) is 35.8 Å². The number of piperidine rings is 1. The van der Waals surface area contributed by atoms with Crippen LogP contribution in [0.15, 0.2) is 40.6 Å². The monoisotopic (exact) mass is 395 g/mol. The quantitative estimate of drug-likeness (QED) is 0.749. The molecule has 1 saturated heterocycles. The highest BCUT2D eigenvalue weighted by molar-refractivity contribution is 5.89. The number of hydrogen-bond acceptors (Lipinski definition) is 4. The van der Waals surface area contributed by atoms with Crippen LogP contribution in [0.25, 0.3) is 6.08 Å². The van der Waals surface area contributed by atoms with E-state index in [9.17, 15) is 4.79 Å². The number of aromatic nitrogens is 1. The number of ether oxygens (including phenoxy) is 1. The highest BCUT2D eigenvalue weighted by atomic mass is 16.5. The minimum Gasteiger partial charge on any atom is -0.493 e. The Hall–Kier alpha value is -2.76. The van der Waals surface area contributed by atoms with E-state index in [0.29, 0.717) is 30.5 Å². The molecule has 1 aliphatic heterocycles. The fourth-order valence-corrected chi connectivity index (χ4v) is 4.08.